The number of benzene rings is 1. The van der Waals surface area contributed by atoms with Crippen LogP contribution in [0.1, 0.15) is 5.69 Å². The Labute approximate surface area is 118 Å². The Hall–Kier alpha value is -2.14. The maximum Gasteiger partial charge on any atom is 0.226 e. The van der Waals surface area contributed by atoms with Crippen LogP contribution in [-0.4, -0.2) is 41.3 Å². The lowest BCUT2D eigenvalue weighted by molar-refractivity contribution is 0.477. The van der Waals surface area contributed by atoms with Gasteiger partial charge in [-0.3, -0.25) is 0 Å². The summed E-state index contributed by atoms with van der Waals surface area (Å²) in [5.74, 6) is 0.988. The molecule has 2 N–H and O–H groups in total. The number of aromatic hydroxyl groups is 1. The molecule has 5 nitrogen and oxygen atoms in total. The zero-order valence-electron chi connectivity index (χ0n) is 11.5. The van der Waals surface area contributed by atoms with Gasteiger partial charge in [-0.25, -0.2) is 9.97 Å². The highest BCUT2D eigenvalue weighted by atomic mass is 16.3. The van der Waals surface area contributed by atoms with Crippen molar-refractivity contribution >= 4 is 5.95 Å². The maximum atomic E-state index is 9.97. The summed E-state index contributed by atoms with van der Waals surface area (Å²) in [7, 11) is 0. The van der Waals surface area contributed by atoms with Crippen LogP contribution in [0.4, 0.5) is 5.95 Å². The third kappa shape index (κ3) is 2.58. The monoisotopic (exact) mass is 270 g/mol. The molecular formula is C15H18N4O. The summed E-state index contributed by atoms with van der Waals surface area (Å²) in [4.78, 5) is 11.3. The largest absolute Gasteiger partial charge is 0.507 e. The molecule has 1 fully saturated rings. The van der Waals surface area contributed by atoms with E-state index in [1.807, 2.05) is 31.2 Å². The first kappa shape index (κ1) is 12.9. The Bertz CT molecular complexity index is 609. The van der Waals surface area contributed by atoms with Gasteiger partial charge in [-0.2, -0.15) is 0 Å². The molecule has 1 saturated heterocycles. The number of hydrogen-bond donors (Lipinski definition) is 2. The number of aryl methyl sites for hydroxylation is 1. The van der Waals surface area contributed by atoms with Crippen LogP contribution in [0.3, 0.4) is 0 Å². The Balaban J connectivity index is 2.00. The Kier molecular flexibility index (Phi) is 3.52. The van der Waals surface area contributed by atoms with Gasteiger partial charge in [0.25, 0.3) is 0 Å². The predicted octanol–water partition coefficient (Wildman–Crippen LogP) is 1.57. The smallest absolute Gasteiger partial charge is 0.226 e. The molecule has 0 amide bonds. The summed E-state index contributed by atoms with van der Waals surface area (Å²) in [5.41, 5.74) is 2.42. The van der Waals surface area contributed by atoms with E-state index in [9.17, 15) is 5.11 Å². The number of para-hydroxylation sites is 1. The van der Waals surface area contributed by atoms with Crippen LogP contribution in [0.2, 0.25) is 0 Å². The molecule has 104 valence electrons. The number of phenols is 1. The lowest BCUT2D eigenvalue weighted by atomic mass is 10.1. The van der Waals surface area contributed by atoms with Crippen LogP contribution in [-0.2, 0) is 0 Å². The van der Waals surface area contributed by atoms with Crippen LogP contribution in [0.5, 0.6) is 5.75 Å². The van der Waals surface area contributed by atoms with Crippen molar-refractivity contribution in [3.8, 4) is 17.0 Å². The number of nitrogens with zero attached hydrogens (tertiary/aromatic N) is 3. The van der Waals surface area contributed by atoms with Crippen molar-refractivity contribution in [2.24, 2.45) is 0 Å². The van der Waals surface area contributed by atoms with E-state index in [2.05, 4.69) is 20.2 Å². The molecule has 1 aromatic carbocycles. The molecule has 0 atom stereocenters. The molecule has 5 heteroatoms. The highest BCUT2D eigenvalue weighted by Crippen LogP contribution is 2.28. The SMILES string of the molecule is Cc1cc(-c2ccccc2O)nc(N2CCNCC2)n1. The molecule has 1 aromatic heterocycles. The minimum Gasteiger partial charge on any atom is -0.507 e. The predicted molar refractivity (Wildman–Crippen MR) is 79.0 cm³/mol. The average Bonchev–Trinajstić information content (AvgIpc) is 2.48. The molecule has 2 heterocycles. The fourth-order valence-electron chi connectivity index (χ4n) is 2.39. The quantitative estimate of drug-likeness (QED) is 0.867. The van der Waals surface area contributed by atoms with E-state index >= 15 is 0 Å². The second-order valence-corrected chi connectivity index (χ2v) is 4.95. The van der Waals surface area contributed by atoms with Gasteiger partial charge in [0, 0.05) is 37.4 Å². The van der Waals surface area contributed by atoms with Crippen LogP contribution >= 0.6 is 0 Å². The number of hydrogen-bond acceptors (Lipinski definition) is 5. The van der Waals surface area contributed by atoms with Crippen molar-refractivity contribution < 1.29 is 5.11 Å². The first-order valence-electron chi connectivity index (χ1n) is 6.84. The van der Waals surface area contributed by atoms with Crippen molar-refractivity contribution in [2.75, 3.05) is 31.1 Å². The van der Waals surface area contributed by atoms with Gasteiger partial charge in [0.2, 0.25) is 5.95 Å². The molecule has 20 heavy (non-hydrogen) atoms. The van der Waals surface area contributed by atoms with Crippen molar-refractivity contribution in [3.63, 3.8) is 0 Å². The lowest BCUT2D eigenvalue weighted by Gasteiger charge is -2.27. The molecule has 0 radical (unpaired) electrons. The van der Waals surface area contributed by atoms with Gasteiger partial charge < -0.3 is 15.3 Å². The normalized spacial score (nSPS) is 15.3. The molecule has 1 aliphatic rings. The molecule has 0 bridgehead atoms. The second-order valence-electron chi connectivity index (χ2n) is 4.95. The third-order valence-electron chi connectivity index (χ3n) is 3.42. The van der Waals surface area contributed by atoms with Crippen LogP contribution in [0.25, 0.3) is 11.3 Å². The molecule has 0 saturated carbocycles. The number of phenolic OH excluding ortho intramolecular Hbond substituents is 1. The van der Waals surface area contributed by atoms with E-state index in [0.29, 0.717) is 0 Å². The van der Waals surface area contributed by atoms with E-state index in [1.54, 1.807) is 6.07 Å². The third-order valence-corrected chi connectivity index (χ3v) is 3.42. The van der Waals surface area contributed by atoms with E-state index in [1.165, 1.54) is 0 Å². The Morgan fingerprint density at radius 2 is 1.90 bits per heavy atom. The number of rotatable bonds is 2. The Morgan fingerprint density at radius 1 is 1.15 bits per heavy atom. The second kappa shape index (κ2) is 5.46. The van der Waals surface area contributed by atoms with Gasteiger partial charge in [-0.1, -0.05) is 12.1 Å². The summed E-state index contributed by atoms with van der Waals surface area (Å²) < 4.78 is 0. The fourth-order valence-corrected chi connectivity index (χ4v) is 2.39. The average molecular weight is 270 g/mol. The van der Waals surface area contributed by atoms with Crippen LogP contribution < -0.4 is 10.2 Å². The molecular weight excluding hydrogens is 252 g/mol. The number of anilines is 1. The van der Waals surface area contributed by atoms with Gasteiger partial charge >= 0.3 is 0 Å². The highest BCUT2D eigenvalue weighted by molar-refractivity contribution is 5.67. The molecule has 0 spiro atoms. The van der Waals surface area contributed by atoms with Crippen molar-refractivity contribution in [1.82, 2.24) is 15.3 Å². The first-order chi connectivity index (χ1) is 9.74. The van der Waals surface area contributed by atoms with E-state index in [-0.39, 0.29) is 5.75 Å². The number of aromatic nitrogens is 2. The summed E-state index contributed by atoms with van der Waals surface area (Å²) in [6.45, 7) is 5.66. The molecule has 0 unspecified atom stereocenters. The van der Waals surface area contributed by atoms with E-state index in [4.69, 9.17) is 0 Å². The number of piperazine rings is 1. The highest BCUT2D eigenvalue weighted by Gasteiger charge is 2.15. The summed E-state index contributed by atoms with van der Waals surface area (Å²) in [6, 6.07) is 9.16. The number of nitrogens with one attached hydrogen (secondary N) is 1. The Morgan fingerprint density at radius 3 is 2.65 bits per heavy atom. The minimum atomic E-state index is 0.247. The van der Waals surface area contributed by atoms with Gasteiger partial charge in [0.05, 0.1) is 5.69 Å². The van der Waals surface area contributed by atoms with Gasteiger partial charge in [0.1, 0.15) is 5.75 Å². The van der Waals surface area contributed by atoms with Crippen molar-refractivity contribution in [3.05, 3.63) is 36.0 Å². The minimum absolute atomic E-state index is 0.247. The van der Waals surface area contributed by atoms with E-state index < -0.39 is 0 Å². The van der Waals surface area contributed by atoms with Crippen molar-refractivity contribution in [1.29, 1.82) is 0 Å². The van der Waals surface area contributed by atoms with Crippen LogP contribution in [0.15, 0.2) is 30.3 Å². The molecule has 1 aliphatic heterocycles. The standard InChI is InChI=1S/C15H18N4O/c1-11-10-13(12-4-2-3-5-14(12)20)18-15(17-11)19-8-6-16-7-9-19/h2-5,10,16,20H,6-9H2,1H3. The van der Waals surface area contributed by atoms with Gasteiger partial charge in [-0.15, -0.1) is 0 Å². The zero-order chi connectivity index (χ0) is 13.9. The van der Waals surface area contributed by atoms with Gasteiger partial charge in [0.15, 0.2) is 0 Å². The first-order valence-corrected chi connectivity index (χ1v) is 6.84. The lowest BCUT2D eigenvalue weighted by Crippen LogP contribution is -2.44. The van der Waals surface area contributed by atoms with Gasteiger partial charge in [-0.05, 0) is 25.1 Å². The van der Waals surface area contributed by atoms with Crippen LogP contribution in [0, 0.1) is 6.92 Å². The topological polar surface area (TPSA) is 61.3 Å². The molecule has 3 rings (SSSR count). The summed E-state index contributed by atoms with van der Waals surface area (Å²) in [6.07, 6.45) is 0. The van der Waals surface area contributed by atoms with Crippen molar-refractivity contribution in [2.45, 2.75) is 6.92 Å². The van der Waals surface area contributed by atoms with E-state index in [0.717, 1.165) is 49.1 Å². The zero-order valence-corrected chi connectivity index (χ0v) is 11.5. The summed E-state index contributed by atoms with van der Waals surface area (Å²) in [5, 5.41) is 13.3. The fraction of sp³-hybridized carbons (Fsp3) is 0.333. The maximum absolute atomic E-state index is 9.97. The summed E-state index contributed by atoms with van der Waals surface area (Å²) >= 11 is 0. The molecule has 0 aliphatic carbocycles. The molecule has 2 aromatic rings.